The fourth-order valence-corrected chi connectivity index (χ4v) is 2.08. The van der Waals surface area contributed by atoms with Gasteiger partial charge in [0.2, 0.25) is 0 Å². The zero-order valence-corrected chi connectivity index (χ0v) is 9.31. The third-order valence-electron chi connectivity index (χ3n) is 3.02. The molecule has 2 heterocycles. The van der Waals surface area contributed by atoms with E-state index < -0.39 is 12.0 Å². The number of hydrogen-bond donors (Lipinski definition) is 2. The topological polar surface area (TPSA) is 62.2 Å². The molecule has 0 aliphatic carbocycles. The maximum atomic E-state index is 10.9. The third-order valence-corrected chi connectivity index (χ3v) is 3.02. The number of pyridine rings is 1. The Morgan fingerprint density at radius 3 is 2.94 bits per heavy atom. The molecular weight excluding hydrogens is 204 g/mol. The number of aliphatic carboxylic acids is 1. The standard InChI is InChI=1S/C12H16N2O2/c1-8-5-6-9(7-13-8)10-3-2-4-11(14-10)12(15)16/h5-7,10-11,14H,2-4H2,1H3,(H,15,16). The number of hydrogen-bond acceptors (Lipinski definition) is 3. The third kappa shape index (κ3) is 2.39. The van der Waals surface area contributed by atoms with E-state index in [9.17, 15) is 4.79 Å². The first-order valence-electron chi connectivity index (χ1n) is 5.58. The van der Waals surface area contributed by atoms with Gasteiger partial charge in [0, 0.05) is 17.9 Å². The second kappa shape index (κ2) is 4.61. The van der Waals surface area contributed by atoms with Crippen LogP contribution in [0.1, 0.15) is 36.6 Å². The minimum Gasteiger partial charge on any atom is -0.480 e. The lowest BCUT2D eigenvalue weighted by Crippen LogP contribution is -2.42. The average Bonchev–Trinajstić information content (AvgIpc) is 2.30. The molecule has 16 heavy (non-hydrogen) atoms. The predicted octanol–water partition coefficient (Wildman–Crippen LogP) is 1.66. The molecule has 1 aliphatic heterocycles. The summed E-state index contributed by atoms with van der Waals surface area (Å²) < 4.78 is 0. The number of aromatic nitrogens is 1. The van der Waals surface area contributed by atoms with Crippen molar-refractivity contribution in [3.63, 3.8) is 0 Å². The second-order valence-electron chi connectivity index (χ2n) is 4.27. The lowest BCUT2D eigenvalue weighted by molar-refractivity contribution is -0.140. The van der Waals surface area contributed by atoms with Crippen LogP contribution in [-0.2, 0) is 4.79 Å². The van der Waals surface area contributed by atoms with E-state index in [0.29, 0.717) is 6.42 Å². The van der Waals surface area contributed by atoms with Gasteiger partial charge in [0.05, 0.1) is 0 Å². The van der Waals surface area contributed by atoms with Crippen LogP contribution in [0.15, 0.2) is 18.3 Å². The SMILES string of the molecule is Cc1ccc(C2CCCC(C(=O)O)N2)cn1. The van der Waals surface area contributed by atoms with Crippen molar-refractivity contribution in [1.29, 1.82) is 0 Å². The molecule has 0 saturated carbocycles. The maximum Gasteiger partial charge on any atom is 0.320 e. The summed E-state index contributed by atoms with van der Waals surface area (Å²) in [4.78, 5) is 15.1. The highest BCUT2D eigenvalue weighted by molar-refractivity contribution is 5.73. The van der Waals surface area contributed by atoms with Crippen molar-refractivity contribution in [2.75, 3.05) is 0 Å². The summed E-state index contributed by atoms with van der Waals surface area (Å²) in [7, 11) is 0. The Hall–Kier alpha value is -1.42. The Bertz CT molecular complexity index is 375. The van der Waals surface area contributed by atoms with Crippen molar-refractivity contribution in [3.8, 4) is 0 Å². The molecule has 4 heteroatoms. The molecule has 1 saturated heterocycles. The van der Waals surface area contributed by atoms with Crippen molar-refractivity contribution in [3.05, 3.63) is 29.6 Å². The first kappa shape index (κ1) is 11.1. The van der Waals surface area contributed by atoms with Gasteiger partial charge in [0.25, 0.3) is 0 Å². The van der Waals surface area contributed by atoms with Crippen LogP contribution in [0.2, 0.25) is 0 Å². The monoisotopic (exact) mass is 220 g/mol. The van der Waals surface area contributed by atoms with Gasteiger partial charge >= 0.3 is 5.97 Å². The van der Waals surface area contributed by atoms with Crippen LogP contribution < -0.4 is 5.32 Å². The molecule has 0 amide bonds. The summed E-state index contributed by atoms with van der Waals surface area (Å²) in [5, 5.41) is 12.1. The van der Waals surface area contributed by atoms with Crippen LogP contribution >= 0.6 is 0 Å². The summed E-state index contributed by atoms with van der Waals surface area (Å²) in [5.41, 5.74) is 2.06. The molecule has 2 unspecified atom stereocenters. The van der Waals surface area contributed by atoms with Crippen LogP contribution in [0.25, 0.3) is 0 Å². The zero-order valence-electron chi connectivity index (χ0n) is 9.31. The van der Waals surface area contributed by atoms with E-state index in [-0.39, 0.29) is 6.04 Å². The molecular formula is C12H16N2O2. The van der Waals surface area contributed by atoms with Gasteiger partial charge < -0.3 is 5.11 Å². The van der Waals surface area contributed by atoms with Crippen LogP contribution in [0, 0.1) is 6.92 Å². The Morgan fingerprint density at radius 1 is 1.50 bits per heavy atom. The van der Waals surface area contributed by atoms with E-state index in [2.05, 4.69) is 10.3 Å². The first-order valence-corrected chi connectivity index (χ1v) is 5.58. The van der Waals surface area contributed by atoms with Crippen molar-refractivity contribution < 1.29 is 9.90 Å². The van der Waals surface area contributed by atoms with E-state index in [4.69, 9.17) is 5.11 Å². The number of rotatable bonds is 2. The molecule has 0 radical (unpaired) electrons. The lowest BCUT2D eigenvalue weighted by atomic mass is 9.94. The number of nitrogens with one attached hydrogen (secondary N) is 1. The maximum absolute atomic E-state index is 10.9. The van der Waals surface area contributed by atoms with Gasteiger partial charge in [0.15, 0.2) is 0 Å². The molecule has 1 aromatic heterocycles. The number of aryl methyl sites for hydroxylation is 1. The van der Waals surface area contributed by atoms with Gasteiger partial charge in [-0.2, -0.15) is 0 Å². The zero-order chi connectivity index (χ0) is 11.5. The molecule has 2 N–H and O–H groups in total. The van der Waals surface area contributed by atoms with Crippen LogP contribution in [0.3, 0.4) is 0 Å². The lowest BCUT2D eigenvalue weighted by Gasteiger charge is -2.28. The minimum atomic E-state index is -0.759. The first-order chi connectivity index (χ1) is 7.66. The van der Waals surface area contributed by atoms with Gasteiger partial charge in [-0.1, -0.05) is 6.07 Å². The Labute approximate surface area is 94.7 Å². The summed E-state index contributed by atoms with van der Waals surface area (Å²) in [6, 6.07) is 3.69. The van der Waals surface area contributed by atoms with E-state index in [1.54, 1.807) is 0 Å². The fourth-order valence-electron chi connectivity index (χ4n) is 2.08. The molecule has 1 aromatic rings. The molecule has 2 atom stereocenters. The van der Waals surface area contributed by atoms with Gasteiger partial charge in [-0.05, 0) is 37.8 Å². The number of piperidine rings is 1. The predicted molar refractivity (Wildman–Crippen MR) is 60.1 cm³/mol. The van der Waals surface area contributed by atoms with Crippen LogP contribution in [-0.4, -0.2) is 22.1 Å². The molecule has 0 spiro atoms. The fraction of sp³-hybridized carbons (Fsp3) is 0.500. The van der Waals surface area contributed by atoms with Crippen molar-refractivity contribution in [1.82, 2.24) is 10.3 Å². The van der Waals surface area contributed by atoms with E-state index >= 15 is 0 Å². The van der Waals surface area contributed by atoms with Crippen LogP contribution in [0.4, 0.5) is 0 Å². The summed E-state index contributed by atoms with van der Waals surface area (Å²) >= 11 is 0. The number of carboxylic acid groups (broad SMARTS) is 1. The quantitative estimate of drug-likeness (QED) is 0.795. The van der Waals surface area contributed by atoms with Crippen LogP contribution in [0.5, 0.6) is 0 Å². The molecule has 0 bridgehead atoms. The number of nitrogens with zero attached hydrogens (tertiary/aromatic N) is 1. The van der Waals surface area contributed by atoms with Gasteiger partial charge in [-0.15, -0.1) is 0 Å². The Kier molecular flexibility index (Phi) is 3.19. The average molecular weight is 220 g/mol. The van der Waals surface area contributed by atoms with Gasteiger partial charge in [-0.3, -0.25) is 15.1 Å². The largest absolute Gasteiger partial charge is 0.480 e. The highest BCUT2D eigenvalue weighted by Crippen LogP contribution is 2.25. The van der Waals surface area contributed by atoms with E-state index in [0.717, 1.165) is 24.1 Å². The molecule has 86 valence electrons. The molecule has 4 nitrogen and oxygen atoms in total. The van der Waals surface area contributed by atoms with Crippen molar-refractivity contribution >= 4 is 5.97 Å². The Morgan fingerprint density at radius 2 is 2.31 bits per heavy atom. The van der Waals surface area contributed by atoms with E-state index in [1.807, 2.05) is 25.3 Å². The highest BCUT2D eigenvalue weighted by Gasteiger charge is 2.26. The molecule has 1 fully saturated rings. The Balaban J connectivity index is 2.09. The number of carbonyl (C=O) groups is 1. The van der Waals surface area contributed by atoms with Gasteiger partial charge in [0.1, 0.15) is 6.04 Å². The molecule has 1 aliphatic rings. The summed E-state index contributed by atoms with van der Waals surface area (Å²) in [5.74, 6) is -0.759. The minimum absolute atomic E-state index is 0.128. The molecule has 2 rings (SSSR count). The molecule has 0 aromatic carbocycles. The normalized spacial score (nSPS) is 25.3. The van der Waals surface area contributed by atoms with Crippen molar-refractivity contribution in [2.45, 2.75) is 38.3 Å². The van der Waals surface area contributed by atoms with E-state index in [1.165, 1.54) is 0 Å². The second-order valence-corrected chi connectivity index (χ2v) is 4.27. The number of carboxylic acids is 1. The highest BCUT2D eigenvalue weighted by atomic mass is 16.4. The summed E-state index contributed by atoms with van der Waals surface area (Å²) in [6.07, 6.45) is 4.47. The smallest absolute Gasteiger partial charge is 0.320 e. The summed E-state index contributed by atoms with van der Waals surface area (Å²) in [6.45, 7) is 1.94. The van der Waals surface area contributed by atoms with Crippen molar-refractivity contribution in [2.24, 2.45) is 0 Å². The van der Waals surface area contributed by atoms with Gasteiger partial charge in [-0.25, -0.2) is 0 Å².